The fourth-order valence-corrected chi connectivity index (χ4v) is 2.45. The van der Waals surface area contributed by atoms with Crippen molar-refractivity contribution in [2.75, 3.05) is 5.32 Å². The summed E-state index contributed by atoms with van der Waals surface area (Å²) < 4.78 is 0.654. The first-order valence-electron chi connectivity index (χ1n) is 7.21. The van der Waals surface area contributed by atoms with Gasteiger partial charge in [-0.15, -0.1) is 0 Å². The van der Waals surface area contributed by atoms with Crippen molar-refractivity contribution in [3.63, 3.8) is 0 Å². The van der Waals surface area contributed by atoms with Crippen molar-refractivity contribution in [1.29, 1.82) is 0 Å². The molecule has 0 saturated heterocycles. The number of hydrogen-bond donors (Lipinski definition) is 1. The molecule has 4 heteroatoms. The lowest BCUT2D eigenvalue weighted by Crippen LogP contribution is -2.11. The van der Waals surface area contributed by atoms with Crippen LogP contribution in [0.2, 0.25) is 0 Å². The number of unbranched alkanes of at least 4 members (excludes halogenated alkanes) is 2. The molecule has 1 N–H and O–H groups in total. The summed E-state index contributed by atoms with van der Waals surface area (Å²) in [5.41, 5.74) is 2.71. The van der Waals surface area contributed by atoms with Crippen molar-refractivity contribution in [1.82, 2.24) is 4.98 Å². The molecule has 0 aliphatic heterocycles. The topological polar surface area (TPSA) is 42.0 Å². The molecule has 110 valence electrons. The third-order valence-electron chi connectivity index (χ3n) is 3.27. The molecule has 0 bridgehead atoms. The Bertz CT molecular complexity index is 596. The van der Waals surface area contributed by atoms with Gasteiger partial charge in [-0.25, -0.2) is 4.98 Å². The summed E-state index contributed by atoms with van der Waals surface area (Å²) in [7, 11) is 0. The van der Waals surface area contributed by atoms with Crippen LogP contribution in [0.25, 0.3) is 0 Å². The lowest BCUT2D eigenvalue weighted by atomic mass is 10.1. The molecule has 0 spiro atoms. The normalized spacial score (nSPS) is 10.4. The molecule has 0 aliphatic carbocycles. The highest BCUT2D eigenvalue weighted by Crippen LogP contribution is 2.14. The molecule has 0 unspecified atom stereocenters. The minimum atomic E-state index is -0.128. The number of amides is 1. The Hall–Kier alpha value is -1.68. The van der Waals surface area contributed by atoms with Crippen LogP contribution >= 0.6 is 15.9 Å². The van der Waals surface area contributed by atoms with Crippen LogP contribution < -0.4 is 5.32 Å². The summed E-state index contributed by atoms with van der Waals surface area (Å²) in [5.74, 6) is -0.128. The zero-order valence-corrected chi connectivity index (χ0v) is 13.7. The van der Waals surface area contributed by atoms with E-state index in [1.54, 1.807) is 18.3 Å². The number of carbonyl (C=O) groups is 1. The highest BCUT2D eigenvalue weighted by molar-refractivity contribution is 9.10. The molecular formula is C17H19BrN2O. The summed E-state index contributed by atoms with van der Waals surface area (Å²) in [4.78, 5) is 16.1. The Kier molecular flexibility index (Phi) is 5.93. The number of nitrogens with zero attached hydrogens (tertiary/aromatic N) is 1. The third-order valence-corrected chi connectivity index (χ3v) is 3.70. The Labute approximate surface area is 133 Å². The molecule has 0 fully saturated rings. The lowest BCUT2D eigenvalue weighted by molar-refractivity contribution is 0.102. The molecular weight excluding hydrogens is 328 g/mol. The summed E-state index contributed by atoms with van der Waals surface area (Å²) >= 11 is 3.26. The summed E-state index contributed by atoms with van der Waals surface area (Å²) in [6.45, 7) is 2.20. The van der Waals surface area contributed by atoms with E-state index in [2.05, 4.69) is 45.3 Å². The van der Waals surface area contributed by atoms with Gasteiger partial charge in [0.1, 0.15) is 4.60 Å². The molecule has 1 aromatic heterocycles. The maximum atomic E-state index is 12.1. The van der Waals surface area contributed by atoms with E-state index < -0.39 is 0 Å². The van der Waals surface area contributed by atoms with E-state index in [4.69, 9.17) is 0 Å². The Morgan fingerprint density at radius 1 is 1.19 bits per heavy atom. The SMILES string of the molecule is CCCCCc1ccc(NC(=O)c2ccnc(Br)c2)cc1. The molecule has 1 aromatic carbocycles. The van der Waals surface area contributed by atoms with E-state index in [0.717, 1.165) is 12.1 Å². The first-order chi connectivity index (χ1) is 10.2. The second kappa shape index (κ2) is 7.93. The van der Waals surface area contributed by atoms with Gasteiger partial charge in [0.15, 0.2) is 0 Å². The van der Waals surface area contributed by atoms with Crippen LogP contribution in [0.3, 0.4) is 0 Å². The third kappa shape index (κ3) is 4.97. The fraction of sp³-hybridized carbons (Fsp3) is 0.294. The zero-order chi connectivity index (χ0) is 15.1. The van der Waals surface area contributed by atoms with Crippen molar-refractivity contribution < 1.29 is 4.79 Å². The molecule has 0 aliphatic rings. The number of hydrogen-bond acceptors (Lipinski definition) is 2. The van der Waals surface area contributed by atoms with Crippen molar-refractivity contribution in [2.24, 2.45) is 0 Å². The van der Waals surface area contributed by atoms with Crippen molar-refractivity contribution in [3.8, 4) is 0 Å². The number of benzene rings is 1. The number of rotatable bonds is 6. The van der Waals surface area contributed by atoms with E-state index >= 15 is 0 Å². The predicted octanol–water partition coefficient (Wildman–Crippen LogP) is 4.83. The maximum Gasteiger partial charge on any atom is 0.255 e. The summed E-state index contributed by atoms with van der Waals surface area (Å²) in [6.07, 6.45) is 6.41. The first kappa shape index (κ1) is 15.7. The highest BCUT2D eigenvalue weighted by atomic mass is 79.9. The average Bonchev–Trinajstić information content (AvgIpc) is 2.49. The van der Waals surface area contributed by atoms with Gasteiger partial charge < -0.3 is 5.32 Å². The second-order valence-electron chi connectivity index (χ2n) is 4.98. The number of carbonyl (C=O) groups excluding carboxylic acids is 1. The summed E-state index contributed by atoms with van der Waals surface area (Å²) in [5, 5.41) is 2.89. The molecule has 0 atom stereocenters. The van der Waals surface area contributed by atoms with E-state index in [-0.39, 0.29) is 5.91 Å². The number of halogens is 1. The van der Waals surface area contributed by atoms with Gasteiger partial charge in [0.2, 0.25) is 0 Å². The van der Waals surface area contributed by atoms with Gasteiger partial charge in [0.25, 0.3) is 5.91 Å². The van der Waals surface area contributed by atoms with Gasteiger partial charge in [-0.1, -0.05) is 31.9 Å². The van der Waals surface area contributed by atoms with Gasteiger partial charge in [0, 0.05) is 17.4 Å². The molecule has 2 rings (SSSR count). The van der Waals surface area contributed by atoms with Crippen LogP contribution in [0.4, 0.5) is 5.69 Å². The van der Waals surface area contributed by atoms with Gasteiger partial charge in [0.05, 0.1) is 0 Å². The fourth-order valence-electron chi connectivity index (χ4n) is 2.08. The molecule has 1 heterocycles. The minimum absolute atomic E-state index is 0.128. The van der Waals surface area contributed by atoms with Gasteiger partial charge in [-0.3, -0.25) is 4.79 Å². The number of pyridine rings is 1. The van der Waals surface area contributed by atoms with Gasteiger partial charge in [-0.05, 0) is 58.6 Å². The molecule has 21 heavy (non-hydrogen) atoms. The van der Waals surface area contributed by atoms with Crippen LogP contribution in [-0.2, 0) is 6.42 Å². The van der Waals surface area contributed by atoms with E-state index in [1.165, 1.54) is 24.8 Å². The molecule has 3 nitrogen and oxygen atoms in total. The lowest BCUT2D eigenvalue weighted by Gasteiger charge is -2.07. The van der Waals surface area contributed by atoms with Crippen LogP contribution in [0.15, 0.2) is 47.2 Å². The van der Waals surface area contributed by atoms with Crippen LogP contribution in [0.5, 0.6) is 0 Å². The molecule has 2 aromatic rings. The second-order valence-corrected chi connectivity index (χ2v) is 5.79. The molecule has 0 saturated carbocycles. The van der Waals surface area contributed by atoms with Gasteiger partial charge in [-0.2, -0.15) is 0 Å². The number of anilines is 1. The standard InChI is InChI=1S/C17H19BrN2O/c1-2-3-4-5-13-6-8-15(9-7-13)20-17(21)14-10-11-19-16(18)12-14/h6-12H,2-5H2,1H3,(H,20,21). The molecule has 0 radical (unpaired) electrons. The average molecular weight is 347 g/mol. The highest BCUT2D eigenvalue weighted by Gasteiger charge is 2.06. The van der Waals surface area contributed by atoms with Crippen molar-refractivity contribution in [2.45, 2.75) is 32.6 Å². The van der Waals surface area contributed by atoms with Crippen LogP contribution in [0.1, 0.15) is 42.1 Å². The monoisotopic (exact) mass is 346 g/mol. The first-order valence-corrected chi connectivity index (χ1v) is 8.00. The Morgan fingerprint density at radius 3 is 2.62 bits per heavy atom. The maximum absolute atomic E-state index is 12.1. The van der Waals surface area contributed by atoms with Gasteiger partial charge >= 0.3 is 0 Å². The van der Waals surface area contributed by atoms with E-state index in [1.807, 2.05) is 12.1 Å². The summed E-state index contributed by atoms with van der Waals surface area (Å²) in [6, 6.07) is 11.5. The number of aryl methyl sites for hydroxylation is 1. The minimum Gasteiger partial charge on any atom is -0.322 e. The quantitative estimate of drug-likeness (QED) is 0.601. The smallest absolute Gasteiger partial charge is 0.255 e. The largest absolute Gasteiger partial charge is 0.322 e. The van der Waals surface area contributed by atoms with Crippen LogP contribution in [0, 0.1) is 0 Å². The van der Waals surface area contributed by atoms with Crippen LogP contribution in [-0.4, -0.2) is 10.9 Å². The van der Waals surface area contributed by atoms with Crippen molar-refractivity contribution in [3.05, 3.63) is 58.3 Å². The Morgan fingerprint density at radius 2 is 1.95 bits per heavy atom. The predicted molar refractivity (Wildman–Crippen MR) is 89.6 cm³/mol. The Balaban J connectivity index is 1.95. The van der Waals surface area contributed by atoms with Crippen molar-refractivity contribution >= 4 is 27.5 Å². The number of aromatic nitrogens is 1. The zero-order valence-electron chi connectivity index (χ0n) is 12.1. The number of nitrogens with one attached hydrogen (secondary N) is 1. The van der Waals surface area contributed by atoms with E-state index in [9.17, 15) is 4.79 Å². The molecule has 1 amide bonds. The van der Waals surface area contributed by atoms with E-state index in [0.29, 0.717) is 10.2 Å².